The van der Waals surface area contributed by atoms with Gasteiger partial charge in [-0.3, -0.25) is 25.0 Å². The van der Waals surface area contributed by atoms with Crippen LogP contribution in [-0.4, -0.2) is 45.1 Å². The normalized spacial score (nSPS) is 16.6. The first-order valence-corrected chi connectivity index (χ1v) is 15.4. The van der Waals surface area contributed by atoms with Gasteiger partial charge in [-0.2, -0.15) is 0 Å². The summed E-state index contributed by atoms with van der Waals surface area (Å²) in [6, 6.07) is 21.8. The topological polar surface area (TPSA) is 160 Å². The second-order valence-electron chi connectivity index (χ2n) is 11.5. The first kappa shape index (κ1) is 35.9. The number of allylic oxidation sites excluding steroid dienone is 1. The van der Waals surface area contributed by atoms with E-state index >= 15 is 0 Å². The number of aliphatic carboxylic acids is 1. The molecule has 1 fully saturated rings. The predicted molar refractivity (Wildman–Crippen MR) is 174 cm³/mol. The van der Waals surface area contributed by atoms with Crippen molar-refractivity contribution in [3.8, 4) is 0 Å². The molecule has 0 bridgehead atoms. The van der Waals surface area contributed by atoms with Gasteiger partial charge in [0.05, 0.1) is 28.5 Å². The quantitative estimate of drug-likeness (QED) is 0.0346. The number of nitro benzene ring substituents is 1. The van der Waals surface area contributed by atoms with Gasteiger partial charge in [-0.25, -0.2) is 0 Å². The second kappa shape index (κ2) is 16.3. The molecule has 1 aliphatic heterocycles. The molecule has 0 spiro atoms. The molecule has 5 rings (SSSR count). The van der Waals surface area contributed by atoms with Crippen molar-refractivity contribution >= 4 is 29.0 Å². The van der Waals surface area contributed by atoms with E-state index in [0.29, 0.717) is 53.9 Å². The summed E-state index contributed by atoms with van der Waals surface area (Å²) < 4.78 is 5.40. The average Bonchev–Trinajstić information content (AvgIpc) is 3.78. The van der Waals surface area contributed by atoms with Gasteiger partial charge in [0.1, 0.15) is 0 Å². The van der Waals surface area contributed by atoms with Crippen LogP contribution in [-0.2, 0) is 33.9 Å². The van der Waals surface area contributed by atoms with E-state index in [4.69, 9.17) is 9.52 Å². The number of hydrogen-bond donors (Lipinski definition) is 0. The third-order valence-electron chi connectivity index (χ3n) is 8.33. The third-order valence-corrected chi connectivity index (χ3v) is 8.33. The standard InChI is InChI=1S/C36H37N5O6.Cu/c1-3-4-10-20-36(35(43)44,32-19-21-37-47-32)39-33(26-12-6-5-7-13-26)28-23-25(2)17-18-29(28)38-34(42)31-16-11-22-40(31)24-27-14-8-9-15-30(27)41(45)46;/h3,5-9,12-15,17-19,21,23,31H,1,4,10-11,16,20,22,24H2,2H3,(H,38,42)(H,43,44);/q;+2/p-2/t31?,36-;/m1./s1. The number of aryl methyl sites for hydroxylation is 1. The van der Waals surface area contributed by atoms with Crippen LogP contribution in [0, 0.1) is 17.0 Å². The molecule has 1 radical (unpaired) electrons. The third kappa shape index (κ3) is 7.96. The maximum atomic E-state index is 13.9. The molecule has 2 heterocycles. The number of hydrogen-bond acceptors (Lipinski definition) is 10. The van der Waals surface area contributed by atoms with E-state index < -0.39 is 28.4 Å². The van der Waals surface area contributed by atoms with Gasteiger partial charge in [-0.05, 0) is 63.6 Å². The number of rotatable bonds is 14. The van der Waals surface area contributed by atoms with Crippen molar-refractivity contribution in [2.45, 2.75) is 57.2 Å². The van der Waals surface area contributed by atoms with Crippen LogP contribution >= 0.6 is 0 Å². The van der Waals surface area contributed by atoms with Crippen LogP contribution in [0.1, 0.15) is 60.1 Å². The number of carbonyl (C=O) groups is 1. The van der Waals surface area contributed by atoms with Crippen LogP contribution in [0.5, 0.6) is 0 Å². The predicted octanol–water partition coefficient (Wildman–Crippen LogP) is 4.78. The van der Waals surface area contributed by atoms with Gasteiger partial charge in [-0.1, -0.05) is 71.4 Å². The van der Waals surface area contributed by atoms with Crippen LogP contribution in [0.15, 0.2) is 112 Å². The summed E-state index contributed by atoms with van der Waals surface area (Å²) >= 11 is 0. The van der Waals surface area contributed by atoms with E-state index in [0.717, 1.165) is 12.0 Å². The average molecular weight is 697 g/mol. The number of nitrogens with zero attached hydrogens (tertiary/aromatic N) is 5. The molecule has 48 heavy (non-hydrogen) atoms. The van der Waals surface area contributed by atoms with E-state index in [1.165, 1.54) is 18.3 Å². The molecule has 0 N–H and O–H groups in total. The zero-order valence-corrected chi connectivity index (χ0v) is 27.3. The number of carboxylic acids is 1. The molecule has 1 unspecified atom stereocenters. The number of carbonyl (C=O) groups excluding carboxylic acids is 1. The van der Waals surface area contributed by atoms with E-state index in [1.807, 2.05) is 54.3 Å². The Morgan fingerprint density at radius 1 is 1.12 bits per heavy atom. The Labute approximate surface area is 289 Å². The van der Waals surface area contributed by atoms with Gasteiger partial charge in [-0.15, -0.1) is 6.58 Å². The van der Waals surface area contributed by atoms with Crippen molar-refractivity contribution in [3.63, 3.8) is 0 Å². The molecule has 251 valence electrons. The van der Waals surface area contributed by atoms with E-state index in [2.05, 4.69) is 16.7 Å². The van der Waals surface area contributed by atoms with Crippen molar-refractivity contribution in [3.05, 3.63) is 136 Å². The Balaban J connectivity index is 0.00000520. The first-order chi connectivity index (χ1) is 22.7. The molecule has 11 nitrogen and oxygen atoms in total. The van der Waals surface area contributed by atoms with Crippen LogP contribution in [0.2, 0.25) is 0 Å². The molecular weight excluding hydrogens is 662 g/mol. The monoisotopic (exact) mass is 696 g/mol. The Kier molecular flexibility index (Phi) is 12.2. The van der Waals surface area contributed by atoms with Crippen molar-refractivity contribution < 1.29 is 41.5 Å². The molecule has 0 saturated carbocycles. The fourth-order valence-corrected chi connectivity index (χ4v) is 5.95. The maximum Gasteiger partial charge on any atom is 2.00 e. The molecule has 4 aromatic rings. The number of likely N-dealkylation sites (tertiary alicyclic amines) is 1. The smallest absolute Gasteiger partial charge is 0.861 e. The van der Waals surface area contributed by atoms with E-state index in [1.54, 1.807) is 30.3 Å². The Morgan fingerprint density at radius 2 is 1.88 bits per heavy atom. The minimum atomic E-state index is -1.93. The van der Waals surface area contributed by atoms with Crippen molar-refractivity contribution in [1.82, 2.24) is 10.1 Å². The Morgan fingerprint density at radius 3 is 2.56 bits per heavy atom. The summed E-state index contributed by atoms with van der Waals surface area (Å²) in [5.41, 5.74) is 1.12. The number of nitro groups is 1. The maximum absolute atomic E-state index is 13.9. The molecule has 0 aliphatic carbocycles. The fourth-order valence-electron chi connectivity index (χ4n) is 5.95. The van der Waals surface area contributed by atoms with Crippen molar-refractivity contribution in [2.24, 2.45) is 9.98 Å². The number of para-hydroxylation sites is 1. The fraction of sp³-hybridized carbons (Fsp3) is 0.278. The second-order valence-corrected chi connectivity index (χ2v) is 11.5. The molecule has 1 aromatic heterocycles. The number of aromatic nitrogens is 1. The zero-order chi connectivity index (χ0) is 33.4. The van der Waals surface area contributed by atoms with Gasteiger partial charge in [0.2, 0.25) is 0 Å². The summed E-state index contributed by atoms with van der Waals surface area (Å²) in [6.45, 7) is 6.46. The zero-order valence-electron chi connectivity index (χ0n) is 26.4. The van der Waals surface area contributed by atoms with Gasteiger partial charge in [0.15, 0.2) is 11.3 Å². The molecular formula is C36H35CuN5O6. The van der Waals surface area contributed by atoms with Gasteiger partial charge >= 0.3 is 17.1 Å². The number of carboxylic acid groups (broad SMARTS) is 1. The number of benzene rings is 3. The van der Waals surface area contributed by atoms with E-state index in [-0.39, 0.29) is 41.5 Å². The van der Waals surface area contributed by atoms with E-state index in [9.17, 15) is 25.1 Å². The van der Waals surface area contributed by atoms with Crippen molar-refractivity contribution in [1.29, 1.82) is 0 Å². The Hall–Kier alpha value is -4.90. The minimum absolute atomic E-state index is 0. The SMILES string of the molecule is C=CCCC[C@](N=C(c1ccccc1)c1cc(C)ccc1N=C([O-])C1CCCN1Cc1ccccc1[N+](=O)[O-])(C(=O)[O-])c1ccno1.[Cu+2]. The van der Waals surface area contributed by atoms with Crippen LogP contribution in [0.3, 0.4) is 0 Å². The first-order valence-electron chi connectivity index (χ1n) is 15.4. The van der Waals surface area contributed by atoms with Crippen LogP contribution in [0.25, 0.3) is 0 Å². The molecule has 1 saturated heterocycles. The summed E-state index contributed by atoms with van der Waals surface area (Å²) in [7, 11) is 0. The number of aliphatic imine (C=N–C) groups is 2. The van der Waals surface area contributed by atoms with Crippen LogP contribution in [0.4, 0.5) is 11.4 Å². The molecule has 3 aromatic carbocycles. The van der Waals surface area contributed by atoms with Crippen LogP contribution < -0.4 is 10.2 Å². The summed E-state index contributed by atoms with van der Waals surface area (Å²) in [6.07, 6.45) is 5.38. The summed E-state index contributed by atoms with van der Waals surface area (Å²) in [5.74, 6) is -1.83. The Bertz CT molecular complexity index is 1790. The van der Waals surface area contributed by atoms with Crippen molar-refractivity contribution in [2.75, 3.05) is 6.54 Å². The van der Waals surface area contributed by atoms with Gasteiger partial charge < -0.3 is 19.5 Å². The largest absolute Gasteiger partial charge is 2.00 e. The minimum Gasteiger partial charge on any atom is -0.861 e. The molecule has 0 amide bonds. The summed E-state index contributed by atoms with van der Waals surface area (Å²) in [4.78, 5) is 35.6. The van der Waals surface area contributed by atoms with Gasteiger partial charge in [0, 0.05) is 41.4 Å². The number of unbranched alkanes of at least 4 members (excludes halogenated alkanes) is 1. The van der Waals surface area contributed by atoms with Gasteiger partial charge in [0.25, 0.3) is 5.69 Å². The summed E-state index contributed by atoms with van der Waals surface area (Å²) in [5, 5.41) is 42.3. The molecule has 1 aliphatic rings. The molecule has 12 heteroatoms. The molecule has 2 atom stereocenters.